The molecule has 2 aliphatic rings. The molecular weight excluding hydrogens is 316 g/mol. The highest BCUT2D eigenvalue weighted by molar-refractivity contribution is 5.33. The monoisotopic (exact) mass is 346 g/mol. The molecule has 0 atom stereocenters. The van der Waals surface area contributed by atoms with Crippen LogP contribution in [0.3, 0.4) is 0 Å². The molecule has 136 valence electrons. The Hall–Kier alpha value is -2.06. The van der Waals surface area contributed by atoms with Gasteiger partial charge in [-0.2, -0.15) is 10.5 Å². The number of rotatable bonds is 5. The minimum Gasteiger partial charge on any atom is -0.193 e. The van der Waals surface area contributed by atoms with Gasteiger partial charge in [0.25, 0.3) is 0 Å². The molecule has 26 heavy (non-hydrogen) atoms. The van der Waals surface area contributed by atoms with Crippen molar-refractivity contribution in [1.82, 2.24) is 0 Å². The molecule has 2 nitrogen and oxygen atoms in total. The molecule has 0 bridgehead atoms. The first-order chi connectivity index (χ1) is 12.8. The second-order valence-electron chi connectivity index (χ2n) is 8.24. The molecule has 0 spiro atoms. The Labute approximate surface area is 158 Å². The Morgan fingerprint density at radius 3 is 2.04 bits per heavy atom. The van der Waals surface area contributed by atoms with E-state index in [1.807, 2.05) is 18.2 Å². The lowest BCUT2D eigenvalue weighted by Gasteiger charge is -2.38. The van der Waals surface area contributed by atoms with E-state index in [4.69, 9.17) is 10.5 Å². The smallest absolute Gasteiger partial charge is 0.0991 e. The summed E-state index contributed by atoms with van der Waals surface area (Å²) in [5, 5.41) is 17.5. The topological polar surface area (TPSA) is 47.6 Å². The van der Waals surface area contributed by atoms with Crippen molar-refractivity contribution in [2.24, 2.45) is 17.8 Å². The van der Waals surface area contributed by atoms with Crippen LogP contribution in [0, 0.1) is 40.4 Å². The highest BCUT2D eigenvalue weighted by atomic mass is 14.4. The second kappa shape index (κ2) is 9.59. The van der Waals surface area contributed by atoms with Gasteiger partial charge in [0.2, 0.25) is 0 Å². The first kappa shape index (κ1) is 18.7. The summed E-state index contributed by atoms with van der Waals surface area (Å²) in [5.74, 6) is 3.46. The highest BCUT2D eigenvalue weighted by Crippen LogP contribution is 2.44. The molecule has 2 heteroatoms. The Morgan fingerprint density at radius 2 is 1.46 bits per heavy atom. The number of benzene rings is 1. The van der Waals surface area contributed by atoms with Gasteiger partial charge in [-0.05, 0) is 92.7 Å². The van der Waals surface area contributed by atoms with E-state index in [9.17, 15) is 0 Å². The van der Waals surface area contributed by atoms with Gasteiger partial charge in [0.15, 0.2) is 0 Å². The lowest BCUT2D eigenvalue weighted by Crippen LogP contribution is -2.25. The van der Waals surface area contributed by atoms with E-state index in [0.717, 1.165) is 29.7 Å². The molecule has 0 N–H and O–H groups in total. The van der Waals surface area contributed by atoms with Gasteiger partial charge in [-0.1, -0.05) is 31.1 Å². The van der Waals surface area contributed by atoms with Crippen LogP contribution in [0.5, 0.6) is 0 Å². The van der Waals surface area contributed by atoms with E-state index in [1.54, 1.807) is 6.08 Å². The van der Waals surface area contributed by atoms with Crippen LogP contribution in [-0.2, 0) is 0 Å². The maximum atomic E-state index is 8.94. The van der Waals surface area contributed by atoms with Gasteiger partial charge in [0, 0.05) is 6.08 Å². The Kier molecular flexibility index (Phi) is 6.90. The van der Waals surface area contributed by atoms with Crippen molar-refractivity contribution >= 4 is 0 Å². The average Bonchev–Trinajstić information content (AvgIpc) is 2.72. The summed E-state index contributed by atoms with van der Waals surface area (Å²) in [6.45, 7) is 0. The molecule has 0 saturated heterocycles. The van der Waals surface area contributed by atoms with Crippen molar-refractivity contribution in [2.45, 2.75) is 70.1 Å². The predicted molar refractivity (Wildman–Crippen MR) is 105 cm³/mol. The standard InChI is InChI=1S/C24H30N2/c25-17-3-1-2-4-19-5-9-21(10-6-19)23-13-15-24(16-14-23)22-11-7-20(18-26)8-12-22/h1,3,7-8,11-12,19,21,23-24H,2,4-6,9-10,13-16H2/b3-1+/t19?,21?,23-,24-. The van der Waals surface area contributed by atoms with Gasteiger partial charge >= 0.3 is 0 Å². The van der Waals surface area contributed by atoms with Crippen molar-refractivity contribution in [3.05, 3.63) is 47.5 Å². The Balaban J connectivity index is 1.41. The van der Waals surface area contributed by atoms with E-state index >= 15 is 0 Å². The Morgan fingerprint density at radius 1 is 0.846 bits per heavy atom. The van der Waals surface area contributed by atoms with Crippen LogP contribution in [-0.4, -0.2) is 0 Å². The molecule has 0 aromatic heterocycles. The zero-order chi connectivity index (χ0) is 18.2. The van der Waals surface area contributed by atoms with Gasteiger partial charge in [-0.15, -0.1) is 0 Å². The summed E-state index contributed by atoms with van der Waals surface area (Å²) in [6.07, 6.45) is 17.0. The summed E-state index contributed by atoms with van der Waals surface area (Å²) in [6, 6.07) is 12.6. The molecule has 0 radical (unpaired) electrons. The highest BCUT2D eigenvalue weighted by Gasteiger charge is 2.31. The quantitative estimate of drug-likeness (QED) is 0.571. The van der Waals surface area contributed by atoms with Gasteiger partial charge in [-0.25, -0.2) is 0 Å². The fourth-order valence-electron chi connectivity index (χ4n) is 5.17. The van der Waals surface area contributed by atoms with Gasteiger partial charge < -0.3 is 0 Å². The Bertz CT molecular complexity index is 658. The maximum Gasteiger partial charge on any atom is 0.0991 e. The average molecular weight is 347 g/mol. The van der Waals surface area contributed by atoms with Crippen molar-refractivity contribution in [3.63, 3.8) is 0 Å². The number of hydrogen-bond donors (Lipinski definition) is 0. The van der Waals surface area contributed by atoms with Gasteiger partial charge in [0.05, 0.1) is 17.7 Å². The van der Waals surface area contributed by atoms with Crippen molar-refractivity contribution < 1.29 is 0 Å². The minimum atomic E-state index is 0.697. The molecule has 1 aromatic rings. The summed E-state index contributed by atoms with van der Waals surface area (Å²) in [4.78, 5) is 0. The molecule has 1 aromatic carbocycles. The molecular formula is C24H30N2. The van der Waals surface area contributed by atoms with Gasteiger partial charge in [0.1, 0.15) is 0 Å². The third-order valence-corrected chi connectivity index (χ3v) is 6.78. The molecule has 2 fully saturated rings. The zero-order valence-electron chi connectivity index (χ0n) is 15.7. The largest absolute Gasteiger partial charge is 0.193 e. The molecule has 0 amide bonds. The number of nitrogens with zero attached hydrogens (tertiary/aromatic N) is 2. The molecule has 0 unspecified atom stereocenters. The first-order valence-corrected chi connectivity index (χ1v) is 10.3. The SMILES string of the molecule is N#C/C=C/CCC1CCC([C@H]2CC[C@H](c3ccc(C#N)cc3)CC2)CC1. The fraction of sp³-hybridized carbons (Fsp3) is 0.583. The maximum absolute atomic E-state index is 8.94. The van der Waals surface area contributed by atoms with Crippen LogP contribution in [0.15, 0.2) is 36.4 Å². The zero-order valence-corrected chi connectivity index (χ0v) is 15.7. The van der Waals surface area contributed by atoms with Gasteiger partial charge in [-0.3, -0.25) is 0 Å². The van der Waals surface area contributed by atoms with E-state index in [-0.39, 0.29) is 0 Å². The number of hydrogen-bond acceptors (Lipinski definition) is 2. The molecule has 2 saturated carbocycles. The van der Waals surface area contributed by atoms with E-state index in [2.05, 4.69) is 24.3 Å². The van der Waals surface area contributed by atoms with E-state index in [0.29, 0.717) is 5.92 Å². The minimum absolute atomic E-state index is 0.697. The normalized spacial score (nSPS) is 29.2. The van der Waals surface area contributed by atoms with Crippen molar-refractivity contribution in [2.75, 3.05) is 0 Å². The summed E-state index contributed by atoms with van der Waals surface area (Å²) >= 11 is 0. The fourth-order valence-corrected chi connectivity index (χ4v) is 5.17. The molecule has 3 rings (SSSR count). The summed E-state index contributed by atoms with van der Waals surface area (Å²) in [5.41, 5.74) is 2.19. The number of allylic oxidation sites excluding steroid dienone is 2. The first-order valence-electron chi connectivity index (χ1n) is 10.3. The van der Waals surface area contributed by atoms with Crippen molar-refractivity contribution in [3.8, 4) is 12.1 Å². The third-order valence-electron chi connectivity index (χ3n) is 6.78. The van der Waals surface area contributed by atoms with E-state index in [1.165, 1.54) is 63.4 Å². The van der Waals surface area contributed by atoms with Crippen LogP contribution in [0.2, 0.25) is 0 Å². The van der Waals surface area contributed by atoms with Crippen LogP contribution in [0.25, 0.3) is 0 Å². The molecule has 2 aliphatic carbocycles. The van der Waals surface area contributed by atoms with Crippen molar-refractivity contribution in [1.29, 1.82) is 10.5 Å². The lowest BCUT2D eigenvalue weighted by atomic mass is 9.68. The second-order valence-corrected chi connectivity index (χ2v) is 8.24. The van der Waals surface area contributed by atoms with E-state index < -0.39 is 0 Å². The molecule has 0 aliphatic heterocycles. The summed E-state index contributed by atoms with van der Waals surface area (Å²) < 4.78 is 0. The van der Waals surface area contributed by atoms with Crippen LogP contribution in [0.1, 0.15) is 81.3 Å². The van der Waals surface area contributed by atoms with Crippen LogP contribution in [0.4, 0.5) is 0 Å². The summed E-state index contributed by atoms with van der Waals surface area (Å²) in [7, 11) is 0. The number of nitriles is 2. The third kappa shape index (κ3) is 4.98. The predicted octanol–water partition coefficient (Wildman–Crippen LogP) is 6.50. The van der Waals surface area contributed by atoms with Crippen LogP contribution < -0.4 is 0 Å². The van der Waals surface area contributed by atoms with Crippen LogP contribution >= 0.6 is 0 Å². The molecule has 0 heterocycles. The lowest BCUT2D eigenvalue weighted by molar-refractivity contribution is 0.157.